The van der Waals surface area contributed by atoms with Crippen LogP contribution in [-0.2, 0) is 6.42 Å². The Kier molecular flexibility index (Phi) is 3.99. The second kappa shape index (κ2) is 5.68. The monoisotopic (exact) mass is 266 g/mol. The summed E-state index contributed by atoms with van der Waals surface area (Å²) in [7, 11) is 0. The van der Waals surface area contributed by atoms with Crippen molar-refractivity contribution in [1.29, 1.82) is 0 Å². The number of aromatic hydroxyl groups is 1. The van der Waals surface area contributed by atoms with Crippen molar-refractivity contribution in [3.05, 3.63) is 52.1 Å². The normalized spacial score (nSPS) is 10.5. The molecule has 0 radical (unpaired) electrons. The van der Waals surface area contributed by atoms with Gasteiger partial charge in [-0.2, -0.15) is 4.98 Å². The number of rotatable bonds is 4. The van der Waals surface area contributed by atoms with E-state index in [4.69, 9.17) is 5.11 Å². The van der Waals surface area contributed by atoms with Crippen molar-refractivity contribution in [1.82, 2.24) is 9.97 Å². The summed E-state index contributed by atoms with van der Waals surface area (Å²) in [4.78, 5) is 17.4. The van der Waals surface area contributed by atoms with E-state index in [1.807, 2.05) is 6.07 Å². The van der Waals surface area contributed by atoms with Gasteiger partial charge in [-0.05, 0) is 24.1 Å². The largest absolute Gasteiger partial charge is 0.493 e. The first-order chi connectivity index (χ1) is 8.63. The first-order valence-corrected chi connectivity index (χ1v) is 6.29. The minimum Gasteiger partial charge on any atom is -0.493 e. The van der Waals surface area contributed by atoms with Crippen LogP contribution in [0.4, 0.5) is 4.39 Å². The number of aryl methyl sites for hydroxylation is 1. The van der Waals surface area contributed by atoms with Crippen molar-refractivity contribution in [2.45, 2.75) is 11.6 Å². The molecule has 0 fully saturated rings. The van der Waals surface area contributed by atoms with Gasteiger partial charge in [-0.3, -0.25) is 4.79 Å². The van der Waals surface area contributed by atoms with Gasteiger partial charge in [0.1, 0.15) is 5.82 Å². The van der Waals surface area contributed by atoms with Crippen LogP contribution in [0.15, 0.2) is 40.3 Å². The molecule has 94 valence electrons. The van der Waals surface area contributed by atoms with Crippen molar-refractivity contribution < 1.29 is 9.50 Å². The van der Waals surface area contributed by atoms with Gasteiger partial charge in [-0.25, -0.2) is 4.39 Å². The van der Waals surface area contributed by atoms with Crippen LogP contribution < -0.4 is 5.56 Å². The van der Waals surface area contributed by atoms with Crippen LogP contribution in [-0.4, -0.2) is 20.8 Å². The molecule has 18 heavy (non-hydrogen) atoms. The van der Waals surface area contributed by atoms with Crippen LogP contribution in [0, 0.1) is 5.82 Å². The third-order valence-corrected chi connectivity index (χ3v) is 3.10. The highest BCUT2D eigenvalue weighted by Gasteiger charge is 2.01. The molecule has 1 aromatic heterocycles. The Morgan fingerprint density at radius 3 is 2.94 bits per heavy atom. The molecule has 0 spiro atoms. The van der Waals surface area contributed by atoms with Gasteiger partial charge in [-0.15, -0.1) is 0 Å². The lowest BCUT2D eigenvalue weighted by molar-refractivity contribution is 0.444. The summed E-state index contributed by atoms with van der Waals surface area (Å²) in [6.07, 6.45) is 0.655. The molecule has 1 heterocycles. The molecule has 0 saturated carbocycles. The van der Waals surface area contributed by atoms with E-state index in [2.05, 4.69) is 9.97 Å². The topological polar surface area (TPSA) is 66.0 Å². The van der Waals surface area contributed by atoms with Crippen LogP contribution >= 0.6 is 11.8 Å². The van der Waals surface area contributed by atoms with Crippen LogP contribution in [0.3, 0.4) is 0 Å². The Morgan fingerprint density at radius 2 is 2.22 bits per heavy atom. The highest BCUT2D eigenvalue weighted by molar-refractivity contribution is 7.99. The summed E-state index contributed by atoms with van der Waals surface area (Å²) in [6, 6.07) is 7.37. The maximum Gasteiger partial charge on any atom is 0.255 e. The summed E-state index contributed by atoms with van der Waals surface area (Å²) < 4.78 is 12.9. The van der Waals surface area contributed by atoms with Gasteiger partial charge < -0.3 is 10.1 Å². The number of hydrogen-bond donors (Lipinski definition) is 2. The third kappa shape index (κ3) is 3.59. The first-order valence-electron chi connectivity index (χ1n) is 5.31. The fraction of sp³-hybridized carbons (Fsp3) is 0.167. The van der Waals surface area contributed by atoms with Crippen LogP contribution in [0.1, 0.15) is 5.56 Å². The van der Waals surface area contributed by atoms with Crippen molar-refractivity contribution in [3.63, 3.8) is 0 Å². The zero-order chi connectivity index (χ0) is 13.0. The maximum absolute atomic E-state index is 12.9. The van der Waals surface area contributed by atoms with Crippen molar-refractivity contribution in [2.75, 3.05) is 5.75 Å². The van der Waals surface area contributed by atoms with Gasteiger partial charge in [-0.1, -0.05) is 23.9 Å². The van der Waals surface area contributed by atoms with Gasteiger partial charge in [0.25, 0.3) is 5.56 Å². The zero-order valence-corrected chi connectivity index (χ0v) is 10.2. The fourth-order valence-electron chi connectivity index (χ4n) is 1.45. The molecule has 2 rings (SSSR count). The van der Waals surface area contributed by atoms with E-state index in [1.165, 1.54) is 23.9 Å². The molecule has 0 unspecified atom stereocenters. The number of aromatic amines is 1. The van der Waals surface area contributed by atoms with Crippen molar-refractivity contribution in [3.8, 4) is 5.88 Å². The summed E-state index contributed by atoms with van der Waals surface area (Å²) in [5.41, 5.74) is 0.487. The van der Waals surface area contributed by atoms with Gasteiger partial charge in [0.05, 0.1) is 6.07 Å². The minimum absolute atomic E-state index is 0.263. The maximum atomic E-state index is 12.9. The summed E-state index contributed by atoms with van der Waals surface area (Å²) >= 11 is 1.30. The smallest absolute Gasteiger partial charge is 0.255 e. The molecule has 2 aromatic rings. The quantitative estimate of drug-likeness (QED) is 0.655. The molecule has 0 amide bonds. The Balaban J connectivity index is 1.94. The minimum atomic E-state index is -0.393. The van der Waals surface area contributed by atoms with Gasteiger partial charge in [0, 0.05) is 5.75 Å². The van der Waals surface area contributed by atoms with E-state index in [0.717, 1.165) is 11.6 Å². The molecule has 2 N–H and O–H groups in total. The lowest BCUT2D eigenvalue weighted by Crippen LogP contribution is -2.06. The molecule has 1 aromatic carbocycles. The number of aromatic nitrogens is 2. The second-order valence-corrected chi connectivity index (χ2v) is 4.72. The Morgan fingerprint density at radius 1 is 1.39 bits per heavy atom. The number of H-pyrrole nitrogens is 1. The summed E-state index contributed by atoms with van der Waals surface area (Å²) in [5, 5.41) is 9.51. The molecule has 0 atom stereocenters. The highest BCUT2D eigenvalue weighted by atomic mass is 32.2. The highest BCUT2D eigenvalue weighted by Crippen LogP contribution is 2.15. The fourth-order valence-corrected chi connectivity index (χ4v) is 2.31. The Hall–Kier alpha value is -1.82. The first kappa shape index (κ1) is 12.6. The molecule has 0 bridgehead atoms. The molecular formula is C12H11FN2O2S. The van der Waals surface area contributed by atoms with E-state index >= 15 is 0 Å². The molecule has 0 aliphatic heterocycles. The molecule has 0 aliphatic rings. The van der Waals surface area contributed by atoms with Crippen molar-refractivity contribution in [2.24, 2.45) is 0 Å². The molecule has 4 nitrogen and oxygen atoms in total. The number of hydrogen-bond acceptors (Lipinski definition) is 4. The molecular weight excluding hydrogens is 255 g/mol. The van der Waals surface area contributed by atoms with Crippen LogP contribution in [0.25, 0.3) is 0 Å². The van der Waals surface area contributed by atoms with Gasteiger partial charge in [0.15, 0.2) is 5.16 Å². The van der Waals surface area contributed by atoms with Gasteiger partial charge >= 0.3 is 0 Å². The molecule has 0 aliphatic carbocycles. The SMILES string of the molecule is O=c1cc(O)nc(SCCc2cccc(F)c2)[nH]1. The number of nitrogens with one attached hydrogen (secondary N) is 1. The predicted molar refractivity (Wildman–Crippen MR) is 67.4 cm³/mol. The summed E-state index contributed by atoms with van der Waals surface area (Å²) in [6.45, 7) is 0. The lowest BCUT2D eigenvalue weighted by atomic mass is 10.2. The molecule has 6 heteroatoms. The number of nitrogens with zero attached hydrogens (tertiary/aromatic N) is 1. The number of thioether (sulfide) groups is 1. The number of benzene rings is 1. The van der Waals surface area contributed by atoms with E-state index < -0.39 is 5.56 Å². The predicted octanol–water partition coefficient (Wildman–Crippen LogP) is 1.95. The zero-order valence-electron chi connectivity index (χ0n) is 9.39. The van der Waals surface area contributed by atoms with E-state index in [1.54, 1.807) is 6.07 Å². The average Bonchev–Trinajstić information content (AvgIpc) is 2.27. The Bertz CT molecular complexity index is 601. The summed E-state index contributed by atoms with van der Waals surface area (Å²) in [5.74, 6) is 0.0731. The van der Waals surface area contributed by atoms with Gasteiger partial charge in [0.2, 0.25) is 5.88 Å². The van der Waals surface area contributed by atoms with E-state index in [0.29, 0.717) is 17.3 Å². The third-order valence-electron chi connectivity index (χ3n) is 2.22. The lowest BCUT2D eigenvalue weighted by Gasteiger charge is -2.02. The molecule has 0 saturated heterocycles. The number of halogens is 1. The van der Waals surface area contributed by atoms with Crippen LogP contribution in [0.2, 0.25) is 0 Å². The van der Waals surface area contributed by atoms with Crippen LogP contribution in [0.5, 0.6) is 5.88 Å². The average molecular weight is 266 g/mol. The second-order valence-electron chi connectivity index (χ2n) is 3.64. The van der Waals surface area contributed by atoms with Crippen molar-refractivity contribution >= 4 is 11.8 Å². The Labute approximate surface area is 107 Å². The standard InChI is InChI=1S/C12H11FN2O2S/c13-9-3-1-2-8(6-9)4-5-18-12-14-10(16)7-11(17)15-12/h1-3,6-7H,4-5H2,(H2,14,15,16,17). The van der Waals surface area contributed by atoms with E-state index in [9.17, 15) is 9.18 Å². The van der Waals surface area contributed by atoms with E-state index in [-0.39, 0.29) is 11.7 Å².